The minimum atomic E-state index is -1.04. The van der Waals surface area contributed by atoms with Crippen molar-refractivity contribution in [2.24, 2.45) is 0 Å². The smallest absolute Gasteiger partial charge is 0.264 e. The van der Waals surface area contributed by atoms with Crippen LogP contribution in [-0.2, 0) is 19.8 Å². The van der Waals surface area contributed by atoms with Gasteiger partial charge in [0.25, 0.3) is 23.6 Å². The van der Waals surface area contributed by atoms with Crippen molar-refractivity contribution in [1.29, 1.82) is 0 Å². The Labute approximate surface area is 498 Å². The van der Waals surface area contributed by atoms with Crippen molar-refractivity contribution in [2.45, 2.75) is 147 Å². The largest absolute Gasteiger partial charge is 0.490 e. The summed E-state index contributed by atoms with van der Waals surface area (Å²) in [6.07, 6.45) is 9.33. The third-order valence-corrected chi connectivity index (χ3v) is 18.9. The highest BCUT2D eigenvalue weighted by molar-refractivity contribution is 6.25. The maximum absolute atomic E-state index is 16.0. The Morgan fingerprint density at radius 2 is 1.53 bits per heavy atom. The third kappa shape index (κ3) is 10.0. The number of halogens is 1. The van der Waals surface area contributed by atoms with Crippen LogP contribution >= 0.6 is 0 Å². The fourth-order valence-electron chi connectivity index (χ4n) is 14.2. The van der Waals surface area contributed by atoms with Gasteiger partial charge in [0.2, 0.25) is 17.7 Å². The van der Waals surface area contributed by atoms with Crippen molar-refractivity contribution in [2.75, 3.05) is 54.4 Å². The number of imide groups is 2. The maximum Gasteiger partial charge on any atom is 0.264 e. The van der Waals surface area contributed by atoms with Gasteiger partial charge in [0, 0.05) is 92.0 Å². The number of carbonyl (C=O) groups excluding carboxylic acids is 7. The van der Waals surface area contributed by atoms with Crippen LogP contribution in [0.3, 0.4) is 0 Å². The molecule has 446 valence electrons. The second-order valence-electron chi connectivity index (χ2n) is 25.0. The van der Waals surface area contributed by atoms with Crippen LogP contribution in [0.25, 0.3) is 22.3 Å². The molecule has 20 heteroatoms. The van der Waals surface area contributed by atoms with Crippen molar-refractivity contribution in [3.8, 4) is 17.0 Å². The van der Waals surface area contributed by atoms with Gasteiger partial charge in [-0.05, 0) is 164 Å². The van der Waals surface area contributed by atoms with Gasteiger partial charge in [0.05, 0.1) is 45.5 Å². The molecule has 4 saturated heterocycles. The van der Waals surface area contributed by atoms with Gasteiger partial charge < -0.3 is 39.5 Å². The number of hydrogen-bond donors (Lipinski definition) is 3. The van der Waals surface area contributed by atoms with E-state index in [4.69, 9.17) is 14.7 Å². The number of anilines is 4. The van der Waals surface area contributed by atoms with Crippen LogP contribution in [0.15, 0.2) is 85.2 Å². The summed E-state index contributed by atoms with van der Waals surface area (Å²) >= 11 is 0. The fraction of sp³-hybridized carbons (Fsp3) is 0.439. The average molecular weight is 1170 g/mol. The van der Waals surface area contributed by atoms with E-state index < -0.39 is 40.9 Å². The van der Waals surface area contributed by atoms with Gasteiger partial charge in [0.1, 0.15) is 29.2 Å². The van der Waals surface area contributed by atoms with Crippen molar-refractivity contribution >= 4 is 75.3 Å². The molecule has 7 aliphatic rings. The third-order valence-electron chi connectivity index (χ3n) is 18.9. The van der Waals surface area contributed by atoms with E-state index in [9.17, 15) is 28.8 Å². The Hall–Kier alpha value is -8.52. The van der Waals surface area contributed by atoms with Gasteiger partial charge in [-0.15, -0.1) is 0 Å². The summed E-state index contributed by atoms with van der Waals surface area (Å²) in [5.41, 5.74) is 6.30. The van der Waals surface area contributed by atoms with Gasteiger partial charge in [-0.1, -0.05) is 24.6 Å². The molecule has 0 bridgehead atoms. The Morgan fingerprint density at radius 1 is 0.791 bits per heavy atom. The summed E-state index contributed by atoms with van der Waals surface area (Å²) in [5, 5.41) is 8.45. The van der Waals surface area contributed by atoms with E-state index >= 15 is 9.18 Å². The molecule has 8 heterocycles. The number of imidazole rings is 1. The number of nitrogens with zero attached hydrogens (tertiary/aromatic N) is 8. The molecule has 1 atom stereocenters. The molecule has 2 aromatic heterocycles. The number of benzene rings is 4. The monoisotopic (exact) mass is 1170 g/mol. The Bertz CT molecular complexity index is 3760. The highest BCUT2D eigenvalue weighted by Gasteiger charge is 2.56. The van der Waals surface area contributed by atoms with E-state index in [1.807, 2.05) is 67.5 Å². The standard InChI is InChI=1S/C66H72FN11O8/c1-37(2)69-60(80)47-34-51(49(67)30-39(47)5)71-59-58-52(68-36-76(58)38(3)4)35-50(70-59)41-14-17-48-55(31-41)77(43-32-42(33-43)73-24-7-6-8-25-73)65(85)66(48)22-28-75(29-23-66)62(82)40-12-15-44(16-13-40)86-45-20-26-74(27-21-45)53-11-9-10-46-57(53)64(84)78(63(46)83)54-18-19-56(79)72-61(54)81/h9-17,30-31,34-38,42-43,45,54H,6-8,18-29,32-33H2,1-5H3,(H,69,80)(H,70,71)(H,72,79,81)/t42-,43+,54?. The summed E-state index contributed by atoms with van der Waals surface area (Å²) in [5.74, 6) is -2.01. The summed E-state index contributed by atoms with van der Waals surface area (Å²) < 4.78 is 24.4. The van der Waals surface area contributed by atoms with E-state index in [2.05, 4.69) is 42.8 Å². The number of piperidine rings is 4. The number of pyridine rings is 1. The van der Waals surface area contributed by atoms with Crippen LogP contribution in [0, 0.1) is 12.7 Å². The number of hydrogen-bond acceptors (Lipinski definition) is 13. The Balaban J connectivity index is 0.709. The van der Waals surface area contributed by atoms with E-state index in [1.165, 1.54) is 31.4 Å². The molecular weight excluding hydrogens is 1090 g/mol. The first-order valence-corrected chi connectivity index (χ1v) is 30.6. The first-order chi connectivity index (χ1) is 41.4. The SMILES string of the molecule is Cc1cc(F)c(Nc2nc(-c3ccc4c(c3)N([C@H]3C[C@@H](N5CCCCC5)C3)C(=O)C43CCN(C(=O)c4ccc(OC5CCN(c6cccc7c6C(=O)N(C6CCC(=O)NC6=O)C7=O)CC5)cc4)CC3)cc3ncn(C(C)C)c23)cc1C(=O)NC(C)C. The number of carbonyl (C=O) groups is 7. The maximum atomic E-state index is 16.0. The van der Waals surface area contributed by atoms with E-state index in [0.717, 1.165) is 47.6 Å². The van der Waals surface area contributed by atoms with E-state index in [-0.39, 0.29) is 71.6 Å². The number of likely N-dealkylation sites (tertiary alicyclic amines) is 2. The second-order valence-corrected chi connectivity index (χ2v) is 25.0. The highest BCUT2D eigenvalue weighted by atomic mass is 19.1. The predicted molar refractivity (Wildman–Crippen MR) is 322 cm³/mol. The quantitative estimate of drug-likeness (QED) is 0.0923. The fourth-order valence-corrected chi connectivity index (χ4v) is 14.2. The molecular formula is C66H72FN11O8. The van der Waals surface area contributed by atoms with Gasteiger partial charge in [-0.2, -0.15) is 0 Å². The summed E-state index contributed by atoms with van der Waals surface area (Å²) in [6, 6.07) is 22.6. The zero-order valence-electron chi connectivity index (χ0n) is 49.3. The first kappa shape index (κ1) is 56.6. The average Bonchev–Trinajstić information content (AvgIpc) is 1.60. The number of amides is 7. The second kappa shape index (κ2) is 22.4. The number of rotatable bonds is 13. The molecule has 1 aliphatic carbocycles. The lowest BCUT2D eigenvalue weighted by Gasteiger charge is -2.48. The molecule has 1 spiro atoms. The van der Waals surface area contributed by atoms with Crippen molar-refractivity contribution < 1.29 is 42.7 Å². The number of aryl methyl sites for hydroxylation is 1. The van der Waals surface area contributed by atoms with Crippen LogP contribution < -0.4 is 30.5 Å². The van der Waals surface area contributed by atoms with Crippen LogP contribution in [0.2, 0.25) is 0 Å². The molecule has 6 aliphatic heterocycles. The van der Waals surface area contributed by atoms with E-state index in [0.29, 0.717) is 109 Å². The molecule has 6 aromatic rings. The van der Waals surface area contributed by atoms with E-state index in [1.54, 1.807) is 37.5 Å². The predicted octanol–water partition coefficient (Wildman–Crippen LogP) is 9.00. The number of nitrogens with one attached hydrogen (secondary N) is 3. The van der Waals surface area contributed by atoms with Crippen LogP contribution in [0.4, 0.5) is 27.3 Å². The van der Waals surface area contributed by atoms with Gasteiger partial charge >= 0.3 is 0 Å². The minimum absolute atomic E-state index is 0.00125. The minimum Gasteiger partial charge on any atom is -0.490 e. The molecule has 19 nitrogen and oxygen atoms in total. The molecule has 1 saturated carbocycles. The molecule has 3 N–H and O–H groups in total. The first-order valence-electron chi connectivity index (χ1n) is 30.6. The van der Waals surface area contributed by atoms with Crippen molar-refractivity contribution in [1.82, 2.24) is 39.9 Å². The summed E-state index contributed by atoms with van der Waals surface area (Å²) in [7, 11) is 0. The van der Waals surface area contributed by atoms with Gasteiger partial charge in [-0.3, -0.25) is 43.8 Å². The highest BCUT2D eigenvalue weighted by Crippen LogP contribution is 2.52. The van der Waals surface area contributed by atoms with Crippen molar-refractivity contribution in [3.63, 3.8) is 0 Å². The molecule has 4 aromatic carbocycles. The lowest BCUT2D eigenvalue weighted by Crippen LogP contribution is -2.58. The van der Waals surface area contributed by atoms with Crippen LogP contribution in [0.5, 0.6) is 5.75 Å². The van der Waals surface area contributed by atoms with Crippen LogP contribution in [-0.4, -0.2) is 140 Å². The summed E-state index contributed by atoms with van der Waals surface area (Å²) in [4.78, 5) is 114. The normalized spacial score (nSPS) is 21.6. The lowest BCUT2D eigenvalue weighted by molar-refractivity contribution is -0.136. The van der Waals surface area contributed by atoms with Crippen LogP contribution in [0.1, 0.15) is 157 Å². The molecule has 13 rings (SSSR count). The van der Waals surface area contributed by atoms with Gasteiger partial charge in [-0.25, -0.2) is 14.4 Å². The molecule has 5 fully saturated rings. The topological polar surface area (TPSA) is 212 Å². The Morgan fingerprint density at radius 3 is 2.24 bits per heavy atom. The summed E-state index contributed by atoms with van der Waals surface area (Å²) in [6.45, 7) is 13.6. The zero-order chi connectivity index (χ0) is 59.9. The van der Waals surface area contributed by atoms with Crippen molar-refractivity contribution in [3.05, 3.63) is 124 Å². The molecule has 1 unspecified atom stereocenters. The number of aromatic nitrogens is 3. The molecule has 0 radical (unpaired) electrons. The Kier molecular flexibility index (Phi) is 14.7. The molecule has 86 heavy (non-hydrogen) atoms. The lowest BCUT2D eigenvalue weighted by atomic mass is 9.73. The molecule has 7 amide bonds. The van der Waals surface area contributed by atoms with Gasteiger partial charge in [0.15, 0.2) is 5.82 Å². The zero-order valence-corrected chi connectivity index (χ0v) is 49.3. The number of fused-ring (bicyclic) bond motifs is 4. The number of ether oxygens (including phenoxy) is 1.